The fourth-order valence-electron chi connectivity index (χ4n) is 2.53. The maximum Gasteiger partial charge on any atom is 0.128 e. The van der Waals surface area contributed by atoms with Gasteiger partial charge in [0.15, 0.2) is 0 Å². The summed E-state index contributed by atoms with van der Waals surface area (Å²) in [5, 5.41) is 0. The number of anilines is 2. The van der Waals surface area contributed by atoms with Gasteiger partial charge in [0.2, 0.25) is 0 Å². The molecule has 3 nitrogen and oxygen atoms in total. The van der Waals surface area contributed by atoms with Gasteiger partial charge in [-0.15, -0.1) is 0 Å². The lowest BCUT2D eigenvalue weighted by atomic mass is 9.97. The summed E-state index contributed by atoms with van der Waals surface area (Å²) in [6, 6.07) is 3.27. The quantitative estimate of drug-likeness (QED) is 0.840. The molecule has 1 aromatic carbocycles. The number of piperidine rings is 1. The number of hydrogen-bond acceptors (Lipinski definition) is 3. The smallest absolute Gasteiger partial charge is 0.128 e. The van der Waals surface area contributed by atoms with Gasteiger partial charge in [0.1, 0.15) is 5.82 Å². The Kier molecular flexibility index (Phi) is 4.07. The van der Waals surface area contributed by atoms with Crippen LogP contribution in [0.25, 0.3) is 0 Å². The Labute approximate surface area is 108 Å². The molecule has 0 unspecified atom stereocenters. The summed E-state index contributed by atoms with van der Waals surface area (Å²) >= 11 is 0. The average molecular weight is 252 g/mol. The Morgan fingerprint density at radius 3 is 2.67 bits per heavy atom. The summed E-state index contributed by atoms with van der Waals surface area (Å²) in [5.41, 5.74) is 8.05. The van der Waals surface area contributed by atoms with Crippen LogP contribution in [0.2, 0.25) is 0 Å². The van der Waals surface area contributed by atoms with Crippen molar-refractivity contribution in [1.29, 1.82) is 0 Å². The summed E-state index contributed by atoms with van der Waals surface area (Å²) in [5.74, 6) is 0.402. The van der Waals surface area contributed by atoms with Crippen molar-refractivity contribution in [3.63, 3.8) is 0 Å². The first-order chi connectivity index (χ1) is 8.61. The molecule has 0 radical (unpaired) electrons. The third-order valence-corrected chi connectivity index (χ3v) is 3.67. The highest BCUT2D eigenvalue weighted by atomic mass is 19.1. The normalized spacial score (nSPS) is 17.2. The Bertz CT molecular complexity index is 415. The van der Waals surface area contributed by atoms with Crippen molar-refractivity contribution in [3.8, 4) is 0 Å². The first kappa shape index (κ1) is 13.1. The van der Waals surface area contributed by atoms with Crippen LogP contribution < -0.4 is 10.6 Å². The zero-order chi connectivity index (χ0) is 13.1. The zero-order valence-electron chi connectivity index (χ0n) is 11.1. The average Bonchev–Trinajstić information content (AvgIpc) is 2.35. The van der Waals surface area contributed by atoms with E-state index in [1.54, 1.807) is 14.0 Å². The molecular weight excluding hydrogens is 231 g/mol. The number of nitrogens with two attached hydrogens (primary N) is 1. The molecule has 1 aliphatic rings. The van der Waals surface area contributed by atoms with Gasteiger partial charge in [-0.1, -0.05) is 0 Å². The van der Waals surface area contributed by atoms with E-state index in [1.165, 1.54) is 6.07 Å². The van der Waals surface area contributed by atoms with Gasteiger partial charge in [-0.25, -0.2) is 4.39 Å². The van der Waals surface area contributed by atoms with Gasteiger partial charge >= 0.3 is 0 Å². The standard InChI is InChI=1S/C14H21FN2O/c1-10-7-14(13(16)8-12(10)15)17-5-3-11(4-6-17)9-18-2/h7-8,11H,3-6,9,16H2,1-2H3. The third-order valence-electron chi connectivity index (χ3n) is 3.67. The third kappa shape index (κ3) is 2.75. The lowest BCUT2D eigenvalue weighted by molar-refractivity contribution is 0.139. The van der Waals surface area contributed by atoms with Gasteiger partial charge in [0.25, 0.3) is 0 Å². The van der Waals surface area contributed by atoms with Crippen LogP contribution in [-0.2, 0) is 4.74 Å². The molecule has 0 amide bonds. The molecule has 1 fully saturated rings. The maximum atomic E-state index is 13.4. The van der Waals surface area contributed by atoms with Crippen molar-refractivity contribution < 1.29 is 9.13 Å². The van der Waals surface area contributed by atoms with Crippen LogP contribution in [0.1, 0.15) is 18.4 Å². The Morgan fingerprint density at radius 1 is 1.39 bits per heavy atom. The van der Waals surface area contributed by atoms with Gasteiger partial charge in [0.05, 0.1) is 11.4 Å². The van der Waals surface area contributed by atoms with Crippen molar-refractivity contribution in [2.45, 2.75) is 19.8 Å². The van der Waals surface area contributed by atoms with E-state index >= 15 is 0 Å². The first-order valence-corrected chi connectivity index (χ1v) is 6.41. The van der Waals surface area contributed by atoms with E-state index in [4.69, 9.17) is 10.5 Å². The molecule has 0 atom stereocenters. The van der Waals surface area contributed by atoms with Crippen LogP contribution in [-0.4, -0.2) is 26.8 Å². The van der Waals surface area contributed by atoms with Crippen LogP contribution in [0.5, 0.6) is 0 Å². The van der Waals surface area contributed by atoms with Crippen LogP contribution >= 0.6 is 0 Å². The van der Waals surface area contributed by atoms with E-state index in [2.05, 4.69) is 4.90 Å². The molecule has 4 heteroatoms. The number of halogens is 1. The van der Waals surface area contributed by atoms with Crippen molar-refractivity contribution in [2.75, 3.05) is 37.4 Å². The molecule has 1 heterocycles. The molecule has 100 valence electrons. The van der Waals surface area contributed by atoms with Crippen molar-refractivity contribution in [1.82, 2.24) is 0 Å². The molecule has 0 bridgehead atoms. The fraction of sp³-hybridized carbons (Fsp3) is 0.571. The lowest BCUT2D eigenvalue weighted by Gasteiger charge is -2.34. The van der Waals surface area contributed by atoms with E-state index in [0.717, 1.165) is 38.2 Å². The Hall–Kier alpha value is -1.29. The highest BCUT2D eigenvalue weighted by Crippen LogP contribution is 2.30. The molecule has 0 aliphatic carbocycles. The van der Waals surface area contributed by atoms with Gasteiger partial charge in [-0.05, 0) is 43.4 Å². The number of aryl methyl sites for hydroxylation is 1. The molecule has 2 rings (SSSR count). The topological polar surface area (TPSA) is 38.5 Å². The van der Waals surface area contributed by atoms with Gasteiger partial charge in [-0.3, -0.25) is 0 Å². The van der Waals surface area contributed by atoms with Gasteiger partial charge < -0.3 is 15.4 Å². The summed E-state index contributed by atoms with van der Waals surface area (Å²) in [6.07, 6.45) is 2.20. The number of benzene rings is 1. The fourth-order valence-corrected chi connectivity index (χ4v) is 2.53. The molecule has 1 saturated heterocycles. The van der Waals surface area contributed by atoms with Crippen LogP contribution in [0.3, 0.4) is 0 Å². The maximum absolute atomic E-state index is 13.4. The lowest BCUT2D eigenvalue weighted by Crippen LogP contribution is -2.35. The van der Waals surface area contributed by atoms with Crippen molar-refractivity contribution >= 4 is 11.4 Å². The van der Waals surface area contributed by atoms with Gasteiger partial charge in [0, 0.05) is 26.8 Å². The number of nitrogens with zero attached hydrogens (tertiary/aromatic N) is 1. The largest absolute Gasteiger partial charge is 0.397 e. The second-order valence-electron chi connectivity index (χ2n) is 5.05. The summed E-state index contributed by atoms with van der Waals surface area (Å²) < 4.78 is 18.6. The zero-order valence-corrected chi connectivity index (χ0v) is 11.1. The van der Waals surface area contributed by atoms with E-state index in [9.17, 15) is 4.39 Å². The molecular formula is C14H21FN2O. The molecule has 2 N–H and O–H groups in total. The molecule has 0 spiro atoms. The molecule has 18 heavy (non-hydrogen) atoms. The second-order valence-corrected chi connectivity index (χ2v) is 5.05. The molecule has 1 aromatic rings. The van der Waals surface area contributed by atoms with Crippen LogP contribution in [0, 0.1) is 18.7 Å². The minimum Gasteiger partial charge on any atom is -0.397 e. The minimum absolute atomic E-state index is 0.231. The van der Waals surface area contributed by atoms with Crippen LogP contribution in [0.15, 0.2) is 12.1 Å². The van der Waals surface area contributed by atoms with Crippen molar-refractivity contribution in [2.24, 2.45) is 5.92 Å². The van der Waals surface area contributed by atoms with Crippen molar-refractivity contribution in [3.05, 3.63) is 23.5 Å². The van der Waals surface area contributed by atoms with E-state index in [1.807, 2.05) is 6.07 Å². The highest BCUT2D eigenvalue weighted by molar-refractivity contribution is 5.68. The predicted molar refractivity (Wildman–Crippen MR) is 72.4 cm³/mol. The van der Waals surface area contributed by atoms with E-state index in [0.29, 0.717) is 17.2 Å². The monoisotopic (exact) mass is 252 g/mol. The summed E-state index contributed by atoms with van der Waals surface area (Å²) in [4.78, 5) is 2.24. The predicted octanol–water partition coefficient (Wildman–Crippen LogP) is 2.58. The Balaban J connectivity index is 2.07. The second kappa shape index (κ2) is 5.57. The number of methoxy groups -OCH3 is 1. The van der Waals surface area contributed by atoms with E-state index in [-0.39, 0.29) is 5.82 Å². The SMILES string of the molecule is COCC1CCN(c2cc(C)c(F)cc2N)CC1. The number of rotatable bonds is 3. The molecule has 0 aromatic heterocycles. The number of hydrogen-bond donors (Lipinski definition) is 1. The molecule has 0 saturated carbocycles. The first-order valence-electron chi connectivity index (χ1n) is 6.41. The van der Waals surface area contributed by atoms with Gasteiger partial charge in [-0.2, -0.15) is 0 Å². The minimum atomic E-state index is -0.231. The summed E-state index contributed by atoms with van der Waals surface area (Å²) in [6.45, 7) is 4.52. The number of nitrogen functional groups attached to an aromatic ring is 1. The molecule has 1 aliphatic heterocycles. The summed E-state index contributed by atoms with van der Waals surface area (Å²) in [7, 11) is 1.74. The van der Waals surface area contributed by atoms with Crippen LogP contribution in [0.4, 0.5) is 15.8 Å². The Morgan fingerprint density at radius 2 is 2.06 bits per heavy atom. The highest BCUT2D eigenvalue weighted by Gasteiger charge is 2.21. The van der Waals surface area contributed by atoms with E-state index < -0.39 is 0 Å². The number of ether oxygens (including phenoxy) is 1.